The molecule has 9 nitrogen and oxygen atoms in total. The predicted octanol–water partition coefficient (Wildman–Crippen LogP) is 2.96. The topological polar surface area (TPSA) is 91.4 Å². The number of ether oxygens (including phenoxy) is 2. The van der Waals surface area contributed by atoms with Gasteiger partial charge in [0, 0.05) is 52.1 Å². The Kier molecular flexibility index (Phi) is 9.92. The zero-order valence-electron chi connectivity index (χ0n) is 21.6. The maximum absolute atomic E-state index is 13.2. The molecule has 0 aliphatic carbocycles. The number of methoxy groups -OCH3 is 1. The summed E-state index contributed by atoms with van der Waals surface area (Å²) in [5.41, 5.74) is 0.00588. The third-order valence-electron chi connectivity index (χ3n) is 6.40. The van der Waals surface area contributed by atoms with Gasteiger partial charge in [0.05, 0.1) is 23.8 Å². The lowest BCUT2D eigenvalue weighted by Crippen LogP contribution is -2.51. The molecule has 0 aromatic heterocycles. The van der Waals surface area contributed by atoms with Gasteiger partial charge in [0.2, 0.25) is 5.91 Å². The number of urea groups is 1. The Bertz CT molecular complexity index is 1060. The fraction of sp³-hybridized carbons (Fsp3) is 0.500. The number of carbonyl (C=O) groups is 3. The van der Waals surface area contributed by atoms with Gasteiger partial charge in [-0.1, -0.05) is 18.2 Å². The fourth-order valence-corrected chi connectivity index (χ4v) is 4.56. The van der Waals surface area contributed by atoms with Gasteiger partial charge in [0.15, 0.2) is 0 Å². The van der Waals surface area contributed by atoms with Gasteiger partial charge in [-0.15, -0.1) is 6.58 Å². The monoisotopic (exact) mass is 538 g/mol. The predicted molar refractivity (Wildman–Crippen MR) is 133 cm³/mol. The highest BCUT2D eigenvalue weighted by Gasteiger charge is 2.39. The number of rotatable bonds is 9. The summed E-state index contributed by atoms with van der Waals surface area (Å²) >= 11 is 0. The van der Waals surface area contributed by atoms with E-state index in [-0.39, 0.29) is 37.8 Å². The highest BCUT2D eigenvalue weighted by molar-refractivity contribution is 5.95. The quantitative estimate of drug-likeness (QED) is 0.384. The van der Waals surface area contributed by atoms with Gasteiger partial charge < -0.3 is 19.7 Å². The average Bonchev–Trinajstić information content (AvgIpc) is 3.11. The second-order valence-corrected chi connectivity index (χ2v) is 8.93. The Labute approximate surface area is 219 Å². The van der Waals surface area contributed by atoms with Gasteiger partial charge in [0.25, 0.3) is 0 Å². The maximum Gasteiger partial charge on any atom is 0.416 e. The molecule has 3 amide bonds. The van der Waals surface area contributed by atoms with E-state index in [0.29, 0.717) is 43.9 Å². The van der Waals surface area contributed by atoms with Crippen LogP contribution in [-0.2, 0) is 25.2 Å². The van der Waals surface area contributed by atoms with Crippen LogP contribution >= 0.6 is 0 Å². The molecule has 3 rings (SSSR count). The van der Waals surface area contributed by atoms with Crippen molar-refractivity contribution in [3.8, 4) is 0 Å². The summed E-state index contributed by atoms with van der Waals surface area (Å²) in [4.78, 5) is 43.8. The largest absolute Gasteiger partial charge is 0.463 e. The van der Waals surface area contributed by atoms with Gasteiger partial charge >= 0.3 is 18.2 Å². The lowest BCUT2D eigenvalue weighted by Gasteiger charge is -2.38. The van der Waals surface area contributed by atoms with E-state index in [9.17, 15) is 27.6 Å². The second kappa shape index (κ2) is 12.9. The van der Waals surface area contributed by atoms with Crippen LogP contribution in [-0.4, -0.2) is 92.2 Å². The molecule has 2 aliphatic heterocycles. The summed E-state index contributed by atoms with van der Waals surface area (Å²) in [7, 11) is 1.46. The van der Waals surface area contributed by atoms with E-state index in [1.165, 1.54) is 30.2 Å². The molecule has 2 heterocycles. The molecular weight excluding hydrogens is 505 g/mol. The van der Waals surface area contributed by atoms with Crippen molar-refractivity contribution >= 4 is 17.9 Å². The summed E-state index contributed by atoms with van der Waals surface area (Å²) in [5, 5.41) is 2.74. The third kappa shape index (κ3) is 6.93. The van der Waals surface area contributed by atoms with E-state index in [0.717, 1.165) is 12.1 Å². The number of hydrogen-bond donors (Lipinski definition) is 1. The number of amides is 3. The Hall–Kier alpha value is -3.38. The molecule has 0 bridgehead atoms. The van der Waals surface area contributed by atoms with Crippen LogP contribution in [0.25, 0.3) is 0 Å². The fourth-order valence-electron chi connectivity index (χ4n) is 4.56. The molecule has 0 radical (unpaired) electrons. The molecule has 1 aromatic rings. The lowest BCUT2D eigenvalue weighted by atomic mass is 9.93. The zero-order valence-corrected chi connectivity index (χ0v) is 21.6. The normalized spacial score (nSPS) is 19.2. The molecule has 2 aliphatic rings. The molecule has 1 fully saturated rings. The molecular formula is C26H33F3N4O5. The van der Waals surface area contributed by atoms with Gasteiger partial charge in [0.1, 0.15) is 6.61 Å². The van der Waals surface area contributed by atoms with Crippen LogP contribution in [0.15, 0.2) is 48.2 Å². The van der Waals surface area contributed by atoms with Crippen molar-refractivity contribution in [2.45, 2.75) is 25.6 Å². The Morgan fingerprint density at radius 1 is 1.16 bits per heavy atom. The first kappa shape index (κ1) is 29.2. The van der Waals surface area contributed by atoms with E-state index in [1.54, 1.807) is 11.8 Å². The highest BCUT2D eigenvalue weighted by Crippen LogP contribution is 2.35. The molecule has 1 atom stereocenters. The number of hydrogen-bond acceptors (Lipinski definition) is 6. The number of nitrogens with one attached hydrogen (secondary N) is 1. The Morgan fingerprint density at radius 2 is 1.87 bits per heavy atom. The molecule has 1 unspecified atom stereocenters. The van der Waals surface area contributed by atoms with Gasteiger partial charge in [-0.3, -0.25) is 14.6 Å². The summed E-state index contributed by atoms with van der Waals surface area (Å²) in [6.45, 7) is 7.81. The first-order valence-electron chi connectivity index (χ1n) is 12.4. The minimum Gasteiger partial charge on any atom is -0.463 e. The van der Waals surface area contributed by atoms with E-state index >= 15 is 0 Å². The summed E-state index contributed by atoms with van der Waals surface area (Å²) in [6.07, 6.45) is -2.33. The van der Waals surface area contributed by atoms with Crippen molar-refractivity contribution in [3.05, 3.63) is 59.3 Å². The number of benzene rings is 1. The van der Waals surface area contributed by atoms with Gasteiger partial charge in [-0.2, -0.15) is 13.2 Å². The minimum absolute atomic E-state index is 0.0136. The Morgan fingerprint density at radius 3 is 2.47 bits per heavy atom. The minimum atomic E-state index is -4.52. The van der Waals surface area contributed by atoms with Crippen LogP contribution in [0.2, 0.25) is 0 Å². The van der Waals surface area contributed by atoms with Crippen molar-refractivity contribution in [1.82, 2.24) is 20.0 Å². The average molecular weight is 539 g/mol. The van der Waals surface area contributed by atoms with Crippen molar-refractivity contribution in [1.29, 1.82) is 0 Å². The van der Waals surface area contributed by atoms with Gasteiger partial charge in [-0.05, 0) is 31.0 Å². The van der Waals surface area contributed by atoms with Crippen molar-refractivity contribution in [3.63, 3.8) is 0 Å². The zero-order chi connectivity index (χ0) is 27.9. The van der Waals surface area contributed by atoms with Crippen LogP contribution in [0, 0.1) is 0 Å². The second-order valence-electron chi connectivity index (χ2n) is 8.93. The Balaban J connectivity index is 2.00. The van der Waals surface area contributed by atoms with Crippen LogP contribution in [0.5, 0.6) is 0 Å². The molecule has 12 heteroatoms. The van der Waals surface area contributed by atoms with E-state index in [1.807, 2.05) is 4.90 Å². The lowest BCUT2D eigenvalue weighted by molar-refractivity contribution is -0.139. The van der Waals surface area contributed by atoms with E-state index in [2.05, 4.69) is 11.9 Å². The molecule has 1 saturated heterocycles. The van der Waals surface area contributed by atoms with E-state index in [4.69, 9.17) is 9.47 Å². The number of esters is 1. The highest BCUT2D eigenvalue weighted by atomic mass is 19.4. The summed E-state index contributed by atoms with van der Waals surface area (Å²) in [5.74, 6) is -0.790. The van der Waals surface area contributed by atoms with Crippen LogP contribution in [0.4, 0.5) is 18.0 Å². The molecule has 0 spiro atoms. The van der Waals surface area contributed by atoms with Gasteiger partial charge in [-0.25, -0.2) is 9.59 Å². The molecule has 208 valence electrons. The smallest absolute Gasteiger partial charge is 0.416 e. The number of alkyl halides is 3. The van der Waals surface area contributed by atoms with E-state index < -0.39 is 29.8 Å². The van der Waals surface area contributed by atoms with Crippen molar-refractivity contribution in [2.24, 2.45) is 0 Å². The summed E-state index contributed by atoms with van der Waals surface area (Å²) < 4.78 is 49.7. The standard InChI is InChI=1S/C26H33F3N4O5/c1-4-11-33-20(16-31-12-6-13-32(15-14-31)21(34)17-37-3)22(24(35)38-5-2)23(30-25(33)36)18-7-9-19(10-8-18)26(27,28)29/h4,7-10,23H,1,5-6,11-17H2,2-3H3,(H,30,36). The first-order chi connectivity index (χ1) is 18.1. The van der Waals surface area contributed by atoms with Crippen molar-refractivity contribution < 1.29 is 37.0 Å². The summed E-state index contributed by atoms with van der Waals surface area (Å²) in [6, 6.07) is 2.81. The molecule has 0 saturated carbocycles. The molecule has 38 heavy (non-hydrogen) atoms. The maximum atomic E-state index is 13.2. The van der Waals surface area contributed by atoms with Crippen LogP contribution in [0.1, 0.15) is 30.5 Å². The van der Waals surface area contributed by atoms with Crippen LogP contribution < -0.4 is 5.32 Å². The number of nitrogens with zero attached hydrogens (tertiary/aromatic N) is 3. The first-order valence-corrected chi connectivity index (χ1v) is 12.4. The molecule has 1 aromatic carbocycles. The molecule has 1 N–H and O–H groups in total. The SMILES string of the molecule is C=CCN1C(=O)NC(c2ccc(C(F)(F)F)cc2)C(C(=O)OCC)=C1CN1CCCN(C(=O)COC)CC1. The third-order valence-corrected chi connectivity index (χ3v) is 6.40. The number of halogens is 3. The van der Waals surface area contributed by atoms with Crippen LogP contribution in [0.3, 0.4) is 0 Å². The van der Waals surface area contributed by atoms with Crippen molar-refractivity contribution in [2.75, 3.05) is 59.6 Å². The number of carbonyl (C=O) groups excluding carboxylic acids is 3.